The van der Waals surface area contributed by atoms with Crippen molar-refractivity contribution in [3.05, 3.63) is 0 Å². The fraction of sp³-hybridized carbons (Fsp3) is 0.750. The Bertz CT molecular complexity index is 626. The SMILES string of the molecule is CN(C(=O)C(C(=O)NCC(=O)O)C(=O)N(C=O)C1CCCCC1)C1CCCCC1. The minimum Gasteiger partial charge on any atom is -0.480 e. The second-order valence-electron chi connectivity index (χ2n) is 7.93. The Balaban J connectivity index is 2.23. The summed E-state index contributed by atoms with van der Waals surface area (Å²) in [4.78, 5) is 63.8. The van der Waals surface area contributed by atoms with Crippen molar-refractivity contribution in [1.29, 1.82) is 0 Å². The van der Waals surface area contributed by atoms with Crippen molar-refractivity contribution >= 4 is 30.1 Å². The van der Waals surface area contributed by atoms with Crippen LogP contribution in [0.3, 0.4) is 0 Å². The van der Waals surface area contributed by atoms with Crippen LogP contribution in [0.15, 0.2) is 0 Å². The lowest BCUT2D eigenvalue weighted by molar-refractivity contribution is -0.156. The van der Waals surface area contributed by atoms with Gasteiger partial charge in [-0.05, 0) is 25.7 Å². The Hall–Kier alpha value is -2.45. The number of carbonyl (C=O) groups is 5. The lowest BCUT2D eigenvalue weighted by Crippen LogP contribution is -2.55. The molecule has 9 heteroatoms. The van der Waals surface area contributed by atoms with Crippen LogP contribution in [0.25, 0.3) is 0 Å². The Morgan fingerprint density at radius 2 is 1.45 bits per heavy atom. The number of imide groups is 1. The van der Waals surface area contributed by atoms with Gasteiger partial charge in [-0.1, -0.05) is 38.5 Å². The zero-order valence-electron chi connectivity index (χ0n) is 17.0. The topological polar surface area (TPSA) is 124 Å². The minimum atomic E-state index is -1.76. The molecule has 1 atom stereocenters. The fourth-order valence-corrected chi connectivity index (χ4v) is 4.27. The molecule has 0 aliphatic heterocycles. The maximum Gasteiger partial charge on any atom is 0.322 e. The molecular weight excluding hydrogens is 378 g/mol. The Labute approximate surface area is 170 Å². The highest BCUT2D eigenvalue weighted by Crippen LogP contribution is 2.26. The summed E-state index contributed by atoms with van der Waals surface area (Å²) in [7, 11) is 1.56. The van der Waals surface area contributed by atoms with Crippen molar-refractivity contribution < 1.29 is 29.1 Å². The molecule has 0 spiro atoms. The average molecular weight is 409 g/mol. The molecule has 0 saturated heterocycles. The van der Waals surface area contributed by atoms with E-state index in [9.17, 15) is 24.0 Å². The number of carboxylic acid groups (broad SMARTS) is 1. The first-order chi connectivity index (χ1) is 13.9. The van der Waals surface area contributed by atoms with Gasteiger partial charge in [-0.25, -0.2) is 0 Å². The van der Waals surface area contributed by atoms with Crippen molar-refractivity contribution in [3.8, 4) is 0 Å². The number of hydrogen-bond donors (Lipinski definition) is 2. The van der Waals surface area contributed by atoms with Crippen molar-refractivity contribution in [2.45, 2.75) is 76.3 Å². The van der Waals surface area contributed by atoms with Gasteiger partial charge in [0.2, 0.25) is 18.2 Å². The number of nitrogens with zero attached hydrogens (tertiary/aromatic N) is 2. The molecule has 0 radical (unpaired) electrons. The van der Waals surface area contributed by atoms with Gasteiger partial charge in [-0.3, -0.25) is 28.9 Å². The van der Waals surface area contributed by atoms with Crippen molar-refractivity contribution in [3.63, 3.8) is 0 Å². The third-order valence-corrected chi connectivity index (χ3v) is 5.98. The third kappa shape index (κ3) is 6.01. The molecule has 0 heterocycles. The molecule has 0 aromatic heterocycles. The first-order valence-electron chi connectivity index (χ1n) is 10.4. The van der Waals surface area contributed by atoms with E-state index < -0.39 is 36.2 Å². The smallest absolute Gasteiger partial charge is 0.322 e. The molecule has 4 amide bonds. The Morgan fingerprint density at radius 3 is 1.93 bits per heavy atom. The quantitative estimate of drug-likeness (QED) is 0.454. The maximum absolute atomic E-state index is 13.1. The van der Waals surface area contributed by atoms with Crippen molar-refractivity contribution in [2.24, 2.45) is 5.92 Å². The Kier molecular flexibility index (Phi) is 8.60. The van der Waals surface area contributed by atoms with E-state index in [1.807, 2.05) is 0 Å². The van der Waals surface area contributed by atoms with E-state index in [1.165, 1.54) is 4.90 Å². The monoisotopic (exact) mass is 409 g/mol. The molecule has 2 aliphatic rings. The third-order valence-electron chi connectivity index (χ3n) is 5.98. The van der Waals surface area contributed by atoms with E-state index in [0.717, 1.165) is 56.3 Å². The van der Waals surface area contributed by atoms with Gasteiger partial charge in [0.05, 0.1) is 0 Å². The predicted molar refractivity (Wildman–Crippen MR) is 104 cm³/mol. The largest absolute Gasteiger partial charge is 0.480 e. The van der Waals surface area contributed by atoms with Crippen LogP contribution >= 0.6 is 0 Å². The summed E-state index contributed by atoms with van der Waals surface area (Å²) in [6, 6.07) is -0.408. The number of aliphatic carboxylic acids is 1. The van der Waals surface area contributed by atoms with Crippen LogP contribution in [0.5, 0.6) is 0 Å². The van der Waals surface area contributed by atoms with Gasteiger partial charge >= 0.3 is 5.97 Å². The van der Waals surface area contributed by atoms with Crippen molar-refractivity contribution in [2.75, 3.05) is 13.6 Å². The van der Waals surface area contributed by atoms with E-state index in [-0.39, 0.29) is 12.1 Å². The molecule has 29 heavy (non-hydrogen) atoms. The zero-order valence-corrected chi connectivity index (χ0v) is 17.0. The molecule has 0 aromatic rings. The molecule has 2 aliphatic carbocycles. The highest BCUT2D eigenvalue weighted by Gasteiger charge is 2.42. The van der Waals surface area contributed by atoms with Gasteiger partial charge in [-0.15, -0.1) is 0 Å². The summed E-state index contributed by atoms with van der Waals surface area (Å²) in [5.41, 5.74) is 0. The Morgan fingerprint density at radius 1 is 0.931 bits per heavy atom. The van der Waals surface area contributed by atoms with Crippen LogP contribution in [0, 0.1) is 5.92 Å². The molecular formula is C20H31N3O6. The molecule has 2 fully saturated rings. The summed E-state index contributed by atoms with van der Waals surface area (Å²) in [6.07, 6.45) is 9.03. The number of amides is 4. The first-order valence-corrected chi connectivity index (χ1v) is 10.4. The first kappa shape index (κ1) is 22.8. The summed E-state index contributed by atoms with van der Waals surface area (Å²) >= 11 is 0. The van der Waals surface area contributed by atoms with E-state index in [2.05, 4.69) is 5.32 Å². The van der Waals surface area contributed by atoms with Crippen molar-refractivity contribution in [1.82, 2.24) is 15.1 Å². The molecule has 0 aromatic carbocycles. The maximum atomic E-state index is 13.1. The van der Waals surface area contributed by atoms with Crippen LogP contribution in [0.4, 0.5) is 0 Å². The molecule has 9 nitrogen and oxygen atoms in total. The molecule has 1 unspecified atom stereocenters. The minimum absolute atomic E-state index is 0.0711. The van der Waals surface area contributed by atoms with Crippen LogP contribution < -0.4 is 5.32 Å². The van der Waals surface area contributed by atoms with Crippen LogP contribution in [0.1, 0.15) is 64.2 Å². The van der Waals surface area contributed by atoms with Gasteiger partial charge in [0, 0.05) is 19.1 Å². The number of rotatable bonds is 8. The van der Waals surface area contributed by atoms with Gasteiger partial charge in [0.15, 0.2) is 5.92 Å². The van der Waals surface area contributed by atoms with Crippen LogP contribution in [-0.2, 0) is 24.0 Å². The van der Waals surface area contributed by atoms with E-state index in [4.69, 9.17) is 5.11 Å². The molecule has 2 rings (SSSR count). The highest BCUT2D eigenvalue weighted by molar-refractivity contribution is 6.19. The number of hydrogen-bond acceptors (Lipinski definition) is 5. The predicted octanol–water partition coefficient (Wildman–Crippen LogP) is 0.912. The molecule has 2 saturated carbocycles. The molecule has 162 valence electrons. The summed E-state index contributed by atoms with van der Waals surface area (Å²) in [5, 5.41) is 11.0. The fourth-order valence-electron chi connectivity index (χ4n) is 4.27. The van der Waals surface area contributed by atoms with Crippen LogP contribution in [-0.4, -0.2) is 70.7 Å². The van der Waals surface area contributed by atoms with E-state index in [0.29, 0.717) is 19.3 Å². The average Bonchev–Trinajstić information content (AvgIpc) is 2.73. The number of nitrogens with one attached hydrogen (secondary N) is 1. The number of carboxylic acids is 1. The molecule has 2 N–H and O–H groups in total. The zero-order chi connectivity index (χ0) is 21.4. The standard InChI is InChI=1S/C20H31N3O6/c1-22(14-8-4-2-5-9-14)19(28)17(18(27)21-12-16(25)26)20(29)23(13-24)15-10-6-3-7-11-15/h13-15,17H,2-12H2,1H3,(H,21,27)(H,25,26). The highest BCUT2D eigenvalue weighted by atomic mass is 16.4. The summed E-state index contributed by atoms with van der Waals surface area (Å²) < 4.78 is 0. The lowest BCUT2D eigenvalue weighted by Gasteiger charge is -2.35. The van der Waals surface area contributed by atoms with E-state index in [1.54, 1.807) is 7.05 Å². The van der Waals surface area contributed by atoms with Gasteiger partial charge in [0.25, 0.3) is 5.91 Å². The van der Waals surface area contributed by atoms with Gasteiger partial charge in [-0.2, -0.15) is 0 Å². The van der Waals surface area contributed by atoms with Gasteiger partial charge < -0.3 is 15.3 Å². The van der Waals surface area contributed by atoms with Crippen LogP contribution in [0.2, 0.25) is 0 Å². The summed E-state index contributed by atoms with van der Waals surface area (Å²) in [5.74, 6) is -5.58. The second kappa shape index (κ2) is 10.9. The number of carbonyl (C=O) groups excluding carboxylic acids is 4. The summed E-state index contributed by atoms with van der Waals surface area (Å²) in [6.45, 7) is -0.701. The van der Waals surface area contributed by atoms with E-state index >= 15 is 0 Å². The lowest BCUT2D eigenvalue weighted by atomic mass is 9.92. The molecule has 0 bridgehead atoms. The second-order valence-corrected chi connectivity index (χ2v) is 7.93. The normalized spacial score (nSPS) is 19.1. The van der Waals surface area contributed by atoms with Gasteiger partial charge in [0.1, 0.15) is 6.54 Å².